The number of fused-ring (bicyclic) bond motifs is 1. The average molecular weight is 414 g/mol. The van der Waals surface area contributed by atoms with Crippen LogP contribution in [0.1, 0.15) is 19.8 Å². The zero-order chi connectivity index (χ0) is 20.2. The molecule has 150 valence electrons. The van der Waals surface area contributed by atoms with Crippen molar-refractivity contribution in [2.75, 3.05) is 18.7 Å². The van der Waals surface area contributed by atoms with Crippen LogP contribution >= 0.6 is 11.3 Å². The van der Waals surface area contributed by atoms with Crippen LogP contribution in [0, 0.1) is 5.92 Å². The van der Waals surface area contributed by atoms with Gasteiger partial charge in [-0.25, -0.2) is 9.78 Å². The van der Waals surface area contributed by atoms with Gasteiger partial charge in [0.05, 0.1) is 5.69 Å². The predicted octanol–water partition coefficient (Wildman–Crippen LogP) is 2.20. The van der Waals surface area contributed by atoms with E-state index in [0.717, 1.165) is 23.3 Å². The zero-order valence-corrected chi connectivity index (χ0v) is 16.4. The summed E-state index contributed by atoms with van der Waals surface area (Å²) in [6.07, 6.45) is 1.81. The summed E-state index contributed by atoms with van der Waals surface area (Å²) in [5, 5.41) is 7.59. The van der Waals surface area contributed by atoms with Gasteiger partial charge in [-0.05, 0) is 43.9 Å². The second-order valence-electron chi connectivity index (χ2n) is 7.45. The number of nitrogens with one attached hydrogen (secondary N) is 2. The van der Waals surface area contributed by atoms with Gasteiger partial charge in [-0.1, -0.05) is 0 Å². The number of hydrogen-bond donors (Lipinski definition) is 2. The van der Waals surface area contributed by atoms with E-state index in [1.165, 1.54) is 11.3 Å². The molecule has 1 aromatic carbocycles. The molecule has 10 heteroatoms. The number of rotatable bonds is 5. The lowest BCUT2D eigenvalue weighted by molar-refractivity contribution is -0.134. The minimum Gasteiger partial charge on any atom is -0.454 e. The Labute approximate surface area is 170 Å². The molecular weight excluding hydrogens is 396 g/mol. The lowest BCUT2D eigenvalue weighted by Gasteiger charge is -2.20. The number of anilines is 1. The fraction of sp³-hybridized carbons (Fsp3) is 0.368. The molecule has 2 aliphatic heterocycles. The molecule has 5 rings (SSSR count). The Balaban J connectivity index is 1.25. The number of carbonyl (C=O) groups is 3. The number of carbonyl (C=O) groups excluding carboxylic acids is 3. The Hall–Kier alpha value is -3.14. The molecule has 2 fully saturated rings. The molecule has 1 aliphatic carbocycles. The quantitative estimate of drug-likeness (QED) is 0.726. The van der Waals surface area contributed by atoms with Crippen LogP contribution in [-0.4, -0.2) is 46.6 Å². The maximum absolute atomic E-state index is 12.6. The van der Waals surface area contributed by atoms with E-state index < -0.39 is 17.5 Å². The molecule has 1 saturated heterocycles. The molecule has 1 aromatic heterocycles. The van der Waals surface area contributed by atoms with Crippen molar-refractivity contribution in [3.05, 3.63) is 23.6 Å². The van der Waals surface area contributed by atoms with Crippen LogP contribution in [0.25, 0.3) is 11.3 Å². The molecular formula is C19H18N4O5S. The van der Waals surface area contributed by atoms with E-state index >= 15 is 0 Å². The highest BCUT2D eigenvalue weighted by atomic mass is 32.1. The van der Waals surface area contributed by atoms with Crippen molar-refractivity contribution in [3.63, 3.8) is 0 Å². The summed E-state index contributed by atoms with van der Waals surface area (Å²) in [6.45, 7) is 1.58. The number of amides is 4. The van der Waals surface area contributed by atoms with E-state index in [0.29, 0.717) is 22.3 Å². The SMILES string of the molecule is C[C@]1(C2CC2)NC(=O)N(CC(=O)Nc2nc(-c3ccc4c(c3)OCO4)cs2)C1=O. The Morgan fingerprint density at radius 3 is 2.93 bits per heavy atom. The number of ether oxygens (including phenoxy) is 2. The molecule has 0 unspecified atom stereocenters. The molecule has 3 aliphatic rings. The van der Waals surface area contributed by atoms with E-state index in [1.807, 2.05) is 23.6 Å². The number of hydrogen-bond acceptors (Lipinski definition) is 7. The monoisotopic (exact) mass is 414 g/mol. The highest BCUT2D eigenvalue weighted by molar-refractivity contribution is 7.14. The van der Waals surface area contributed by atoms with Crippen molar-refractivity contribution in [1.29, 1.82) is 0 Å². The van der Waals surface area contributed by atoms with Crippen molar-refractivity contribution in [3.8, 4) is 22.8 Å². The lowest BCUT2D eigenvalue weighted by Crippen LogP contribution is -2.46. The van der Waals surface area contributed by atoms with Gasteiger partial charge in [-0.3, -0.25) is 14.5 Å². The molecule has 29 heavy (non-hydrogen) atoms. The molecule has 2 aromatic rings. The number of thiazole rings is 1. The summed E-state index contributed by atoms with van der Waals surface area (Å²) in [5.41, 5.74) is 0.616. The molecule has 1 saturated carbocycles. The van der Waals surface area contributed by atoms with Gasteiger partial charge in [-0.15, -0.1) is 11.3 Å². The van der Waals surface area contributed by atoms with Crippen LogP contribution in [0.2, 0.25) is 0 Å². The summed E-state index contributed by atoms with van der Waals surface area (Å²) in [5.74, 6) is 0.665. The molecule has 1 atom stereocenters. The minimum atomic E-state index is -0.898. The topological polar surface area (TPSA) is 110 Å². The van der Waals surface area contributed by atoms with E-state index in [1.54, 1.807) is 6.92 Å². The number of imide groups is 1. The van der Waals surface area contributed by atoms with Gasteiger partial charge < -0.3 is 20.1 Å². The van der Waals surface area contributed by atoms with E-state index in [4.69, 9.17) is 9.47 Å². The van der Waals surface area contributed by atoms with Gasteiger partial charge in [0.25, 0.3) is 5.91 Å². The van der Waals surface area contributed by atoms with Crippen molar-refractivity contribution in [1.82, 2.24) is 15.2 Å². The number of nitrogens with zero attached hydrogens (tertiary/aromatic N) is 2. The normalized spacial score (nSPS) is 22.7. The zero-order valence-electron chi connectivity index (χ0n) is 15.6. The minimum absolute atomic E-state index is 0.148. The third-order valence-corrected chi connectivity index (χ3v) is 6.17. The third-order valence-electron chi connectivity index (χ3n) is 5.42. The van der Waals surface area contributed by atoms with Crippen molar-refractivity contribution in [2.24, 2.45) is 5.92 Å². The van der Waals surface area contributed by atoms with E-state index in [2.05, 4.69) is 15.6 Å². The highest BCUT2D eigenvalue weighted by Gasteiger charge is 2.56. The van der Waals surface area contributed by atoms with Crippen LogP contribution in [-0.2, 0) is 9.59 Å². The average Bonchev–Trinajstić information content (AvgIpc) is 3.21. The summed E-state index contributed by atoms with van der Waals surface area (Å²) < 4.78 is 10.7. The molecule has 0 radical (unpaired) electrons. The first kappa shape index (κ1) is 17.9. The van der Waals surface area contributed by atoms with Gasteiger partial charge >= 0.3 is 6.03 Å². The Morgan fingerprint density at radius 1 is 1.34 bits per heavy atom. The first-order valence-corrected chi connectivity index (χ1v) is 10.1. The Morgan fingerprint density at radius 2 is 2.14 bits per heavy atom. The summed E-state index contributed by atoms with van der Waals surface area (Å²) in [4.78, 5) is 42.6. The van der Waals surface area contributed by atoms with E-state index in [-0.39, 0.29) is 25.2 Å². The smallest absolute Gasteiger partial charge is 0.325 e. The Bertz CT molecular complexity index is 1030. The Kier molecular flexibility index (Phi) is 3.98. The molecule has 4 amide bonds. The third kappa shape index (κ3) is 3.09. The second kappa shape index (κ2) is 6.45. The molecule has 0 spiro atoms. The fourth-order valence-electron chi connectivity index (χ4n) is 3.62. The van der Waals surface area contributed by atoms with Crippen LogP contribution in [0.3, 0.4) is 0 Å². The van der Waals surface area contributed by atoms with Crippen LogP contribution in [0.4, 0.5) is 9.93 Å². The van der Waals surface area contributed by atoms with E-state index in [9.17, 15) is 14.4 Å². The summed E-state index contributed by atoms with van der Waals surface area (Å²) in [6, 6.07) is 4.97. The van der Waals surface area contributed by atoms with Crippen molar-refractivity contribution >= 4 is 34.3 Å². The van der Waals surface area contributed by atoms with Gasteiger partial charge in [0.2, 0.25) is 12.7 Å². The molecule has 3 heterocycles. The first-order chi connectivity index (χ1) is 13.9. The number of urea groups is 1. The molecule has 0 bridgehead atoms. The van der Waals surface area contributed by atoms with Crippen LogP contribution < -0.4 is 20.1 Å². The van der Waals surface area contributed by atoms with Gasteiger partial charge in [0, 0.05) is 10.9 Å². The van der Waals surface area contributed by atoms with Crippen LogP contribution in [0.15, 0.2) is 23.6 Å². The standard InChI is InChI=1S/C19H18N4O5S/c1-19(11-3-4-11)16(25)23(18(26)22-19)7-15(24)21-17-20-12(8-29-17)10-2-5-13-14(6-10)28-9-27-13/h2,5-6,8,11H,3-4,7,9H2,1H3,(H,22,26)(H,20,21,24)/t19-/m1/s1. The van der Waals surface area contributed by atoms with Gasteiger partial charge in [-0.2, -0.15) is 0 Å². The fourth-order valence-corrected chi connectivity index (χ4v) is 4.35. The number of benzene rings is 1. The van der Waals surface area contributed by atoms with Crippen LogP contribution in [0.5, 0.6) is 11.5 Å². The van der Waals surface area contributed by atoms with Gasteiger partial charge in [0.15, 0.2) is 16.6 Å². The first-order valence-electron chi connectivity index (χ1n) is 9.23. The molecule has 2 N–H and O–H groups in total. The molecule has 9 nitrogen and oxygen atoms in total. The lowest BCUT2D eigenvalue weighted by atomic mass is 9.96. The summed E-state index contributed by atoms with van der Waals surface area (Å²) >= 11 is 1.26. The largest absolute Gasteiger partial charge is 0.454 e. The second-order valence-corrected chi connectivity index (χ2v) is 8.31. The van der Waals surface area contributed by atoms with Crippen molar-refractivity contribution in [2.45, 2.75) is 25.3 Å². The maximum atomic E-state index is 12.6. The predicted molar refractivity (Wildman–Crippen MR) is 104 cm³/mol. The highest BCUT2D eigenvalue weighted by Crippen LogP contribution is 2.42. The van der Waals surface area contributed by atoms with Gasteiger partial charge in [0.1, 0.15) is 12.1 Å². The summed E-state index contributed by atoms with van der Waals surface area (Å²) in [7, 11) is 0. The number of aromatic nitrogens is 1. The van der Waals surface area contributed by atoms with Crippen molar-refractivity contribution < 1.29 is 23.9 Å². The maximum Gasteiger partial charge on any atom is 0.325 e.